The summed E-state index contributed by atoms with van der Waals surface area (Å²) < 4.78 is 34.3. The molecule has 0 atom stereocenters. The quantitative estimate of drug-likeness (QED) is 0.548. The summed E-state index contributed by atoms with van der Waals surface area (Å²) in [6.45, 7) is 1.05. The van der Waals surface area contributed by atoms with Gasteiger partial charge in [0.2, 0.25) is 15.9 Å². The molecule has 3 aromatic rings. The highest BCUT2D eigenvalue weighted by Gasteiger charge is 2.26. The van der Waals surface area contributed by atoms with E-state index in [-0.39, 0.29) is 17.2 Å². The molecule has 1 aliphatic heterocycles. The van der Waals surface area contributed by atoms with Crippen molar-refractivity contribution in [1.82, 2.24) is 9.29 Å². The van der Waals surface area contributed by atoms with Crippen molar-refractivity contribution in [1.29, 1.82) is 0 Å². The fourth-order valence-corrected chi connectivity index (χ4v) is 6.35. The van der Waals surface area contributed by atoms with Crippen LogP contribution in [0.1, 0.15) is 37.1 Å². The Labute approximate surface area is 192 Å². The molecule has 1 fully saturated rings. The van der Waals surface area contributed by atoms with E-state index in [2.05, 4.69) is 10.3 Å². The predicted molar refractivity (Wildman–Crippen MR) is 127 cm³/mol. The van der Waals surface area contributed by atoms with E-state index in [4.69, 9.17) is 4.74 Å². The van der Waals surface area contributed by atoms with Crippen molar-refractivity contribution in [3.05, 3.63) is 47.5 Å². The van der Waals surface area contributed by atoms with Gasteiger partial charge < -0.3 is 10.1 Å². The number of benzene rings is 2. The Balaban J connectivity index is 1.47. The van der Waals surface area contributed by atoms with E-state index < -0.39 is 10.0 Å². The van der Waals surface area contributed by atoms with Crippen LogP contribution in [-0.4, -0.2) is 43.8 Å². The number of hydrogen-bond donors (Lipinski definition) is 1. The van der Waals surface area contributed by atoms with Gasteiger partial charge in [-0.2, -0.15) is 4.31 Å². The molecule has 0 saturated carbocycles. The molecule has 0 radical (unpaired) electrons. The molecule has 1 N–H and O–H groups in total. The second kappa shape index (κ2) is 9.97. The lowest BCUT2D eigenvalue weighted by Crippen LogP contribution is -2.32. The van der Waals surface area contributed by atoms with Crippen LogP contribution in [-0.2, 0) is 21.2 Å². The Kier molecular flexibility index (Phi) is 7.07. The van der Waals surface area contributed by atoms with Gasteiger partial charge in [-0.3, -0.25) is 4.79 Å². The highest BCUT2D eigenvalue weighted by molar-refractivity contribution is 7.89. The molecule has 7 nitrogen and oxygen atoms in total. The van der Waals surface area contributed by atoms with E-state index in [9.17, 15) is 13.2 Å². The van der Waals surface area contributed by atoms with Crippen LogP contribution in [0, 0.1) is 0 Å². The highest BCUT2D eigenvalue weighted by Crippen LogP contribution is 2.30. The summed E-state index contributed by atoms with van der Waals surface area (Å²) in [4.78, 5) is 17.4. The Bertz CT molecular complexity index is 1170. The van der Waals surface area contributed by atoms with E-state index in [0.29, 0.717) is 30.9 Å². The zero-order chi connectivity index (χ0) is 22.6. The molecule has 1 saturated heterocycles. The third-order valence-corrected chi connectivity index (χ3v) is 8.54. The maximum Gasteiger partial charge on any atom is 0.243 e. The minimum Gasteiger partial charge on any atom is -0.495 e. The molecule has 0 spiro atoms. The van der Waals surface area contributed by atoms with Gasteiger partial charge in [-0.05, 0) is 43.2 Å². The normalized spacial score (nSPS) is 15.4. The zero-order valence-electron chi connectivity index (χ0n) is 18.0. The van der Waals surface area contributed by atoms with E-state index >= 15 is 0 Å². The third kappa shape index (κ3) is 5.11. The molecule has 32 heavy (non-hydrogen) atoms. The Morgan fingerprint density at radius 3 is 2.59 bits per heavy atom. The van der Waals surface area contributed by atoms with Crippen molar-refractivity contribution in [2.45, 2.75) is 43.4 Å². The first kappa shape index (κ1) is 22.7. The standard InChI is InChI=1S/C23H27N3O4S2/c1-30-20-11-10-17(32(28,29)26-14-6-2-3-7-15-26)16-19(20)24-22(27)12-13-23-25-18-8-4-5-9-21(18)31-23/h4-5,8-11,16H,2-3,6-7,12-15H2,1H3,(H,24,27). The summed E-state index contributed by atoms with van der Waals surface area (Å²) in [6.07, 6.45) is 4.58. The second-order valence-electron chi connectivity index (χ2n) is 7.80. The minimum atomic E-state index is -3.62. The van der Waals surface area contributed by atoms with Gasteiger partial charge in [0.15, 0.2) is 0 Å². The van der Waals surface area contributed by atoms with E-state index in [1.807, 2.05) is 24.3 Å². The lowest BCUT2D eigenvalue weighted by Gasteiger charge is -2.21. The van der Waals surface area contributed by atoms with Crippen molar-refractivity contribution < 1.29 is 17.9 Å². The summed E-state index contributed by atoms with van der Waals surface area (Å²) in [5.74, 6) is 0.208. The first-order chi connectivity index (χ1) is 15.5. The molecular formula is C23H27N3O4S2. The van der Waals surface area contributed by atoms with Crippen LogP contribution in [0.5, 0.6) is 5.75 Å². The largest absolute Gasteiger partial charge is 0.495 e. The topological polar surface area (TPSA) is 88.6 Å². The summed E-state index contributed by atoms with van der Waals surface area (Å²) in [5, 5.41) is 3.72. The SMILES string of the molecule is COc1ccc(S(=O)(=O)N2CCCCCC2)cc1NC(=O)CCc1nc2ccccc2s1. The summed E-state index contributed by atoms with van der Waals surface area (Å²) in [5.41, 5.74) is 1.29. The van der Waals surface area contributed by atoms with Gasteiger partial charge in [-0.25, -0.2) is 13.4 Å². The molecule has 0 aliphatic carbocycles. The number of amides is 1. The molecule has 0 bridgehead atoms. The molecule has 4 rings (SSSR count). The highest BCUT2D eigenvalue weighted by atomic mass is 32.2. The lowest BCUT2D eigenvalue weighted by molar-refractivity contribution is -0.116. The molecule has 0 unspecified atom stereocenters. The zero-order valence-corrected chi connectivity index (χ0v) is 19.7. The van der Waals surface area contributed by atoms with Gasteiger partial charge in [-0.1, -0.05) is 25.0 Å². The predicted octanol–water partition coefficient (Wildman–Crippen LogP) is 4.44. The second-order valence-corrected chi connectivity index (χ2v) is 10.9. The van der Waals surface area contributed by atoms with Crippen molar-refractivity contribution in [3.8, 4) is 5.75 Å². The van der Waals surface area contributed by atoms with Crippen molar-refractivity contribution in [3.63, 3.8) is 0 Å². The van der Waals surface area contributed by atoms with Gasteiger partial charge in [0.1, 0.15) is 5.75 Å². The third-order valence-electron chi connectivity index (χ3n) is 5.55. The fourth-order valence-electron chi connectivity index (χ4n) is 3.84. The summed E-state index contributed by atoms with van der Waals surface area (Å²) in [6, 6.07) is 12.5. The molecule has 1 aliphatic rings. The average molecular weight is 474 g/mol. The number of rotatable bonds is 7. The van der Waals surface area contributed by atoms with Gasteiger partial charge in [0, 0.05) is 25.9 Å². The summed E-state index contributed by atoms with van der Waals surface area (Å²) in [7, 11) is -2.13. The number of aryl methyl sites for hydroxylation is 1. The number of methoxy groups -OCH3 is 1. The smallest absolute Gasteiger partial charge is 0.243 e. The maximum atomic E-state index is 13.1. The molecule has 1 amide bonds. The van der Waals surface area contributed by atoms with Gasteiger partial charge in [0.25, 0.3) is 0 Å². The molecular weight excluding hydrogens is 446 g/mol. The number of carbonyl (C=O) groups excluding carboxylic acids is 1. The number of ether oxygens (including phenoxy) is 1. The van der Waals surface area contributed by atoms with E-state index in [0.717, 1.165) is 40.9 Å². The number of para-hydroxylation sites is 1. The van der Waals surface area contributed by atoms with Crippen molar-refractivity contribution in [2.24, 2.45) is 0 Å². The molecule has 2 heterocycles. The van der Waals surface area contributed by atoms with Gasteiger partial charge in [-0.15, -0.1) is 11.3 Å². The number of nitrogens with one attached hydrogen (secondary N) is 1. The van der Waals surface area contributed by atoms with Gasteiger partial charge in [0.05, 0.1) is 32.9 Å². The van der Waals surface area contributed by atoms with Crippen molar-refractivity contribution >= 4 is 43.2 Å². The number of anilines is 1. The number of carbonyl (C=O) groups is 1. The average Bonchev–Trinajstić information content (AvgIpc) is 3.00. The summed E-state index contributed by atoms with van der Waals surface area (Å²) >= 11 is 1.58. The van der Waals surface area contributed by atoms with Crippen LogP contribution in [0.3, 0.4) is 0 Å². The van der Waals surface area contributed by atoms with E-state index in [1.165, 1.54) is 19.2 Å². The minimum absolute atomic E-state index is 0.168. The number of hydrogen-bond acceptors (Lipinski definition) is 6. The molecule has 1 aromatic heterocycles. The Morgan fingerprint density at radius 2 is 1.88 bits per heavy atom. The number of thiazole rings is 1. The lowest BCUT2D eigenvalue weighted by atomic mass is 10.2. The van der Waals surface area contributed by atoms with Crippen LogP contribution in [0.25, 0.3) is 10.2 Å². The van der Waals surface area contributed by atoms with Crippen molar-refractivity contribution in [2.75, 3.05) is 25.5 Å². The fraction of sp³-hybridized carbons (Fsp3) is 0.391. The van der Waals surface area contributed by atoms with Crippen LogP contribution in [0.15, 0.2) is 47.4 Å². The van der Waals surface area contributed by atoms with Crippen LogP contribution >= 0.6 is 11.3 Å². The molecule has 9 heteroatoms. The monoisotopic (exact) mass is 473 g/mol. The number of aromatic nitrogens is 1. The van der Waals surface area contributed by atoms with Crippen LogP contribution < -0.4 is 10.1 Å². The first-order valence-corrected chi connectivity index (χ1v) is 13.1. The number of fused-ring (bicyclic) bond motifs is 1. The van der Waals surface area contributed by atoms with Gasteiger partial charge >= 0.3 is 0 Å². The molecule has 2 aromatic carbocycles. The Hall–Kier alpha value is -2.49. The maximum absolute atomic E-state index is 13.1. The van der Waals surface area contributed by atoms with E-state index in [1.54, 1.807) is 21.7 Å². The Morgan fingerprint density at radius 1 is 1.12 bits per heavy atom. The first-order valence-electron chi connectivity index (χ1n) is 10.8. The number of sulfonamides is 1. The molecule has 170 valence electrons. The van der Waals surface area contributed by atoms with Crippen LogP contribution in [0.4, 0.5) is 5.69 Å². The van der Waals surface area contributed by atoms with Crippen LogP contribution in [0.2, 0.25) is 0 Å². The number of nitrogens with zero attached hydrogens (tertiary/aromatic N) is 2.